The number of amides is 2. The molecule has 1 aliphatic heterocycles. The highest BCUT2D eigenvalue weighted by Gasteiger charge is 2.31. The van der Waals surface area contributed by atoms with Crippen molar-refractivity contribution in [1.29, 1.82) is 0 Å². The third-order valence-corrected chi connectivity index (χ3v) is 5.08. The van der Waals surface area contributed by atoms with E-state index in [0.717, 1.165) is 12.8 Å². The van der Waals surface area contributed by atoms with Gasteiger partial charge in [-0.05, 0) is 36.4 Å². The van der Waals surface area contributed by atoms with Crippen molar-refractivity contribution in [2.24, 2.45) is 0 Å². The smallest absolute Gasteiger partial charge is 0.261 e. The maximum absolute atomic E-state index is 12.4. The molecule has 2 aromatic heterocycles. The summed E-state index contributed by atoms with van der Waals surface area (Å²) in [7, 11) is 0. The number of nitrogens with zero attached hydrogens (tertiary/aromatic N) is 1. The number of nitrogens with one attached hydrogen (secondary N) is 1. The number of likely N-dealkylation sites (tertiary alicyclic amines) is 1. The van der Waals surface area contributed by atoms with Gasteiger partial charge >= 0.3 is 0 Å². The van der Waals surface area contributed by atoms with Crippen LogP contribution < -0.4 is 5.32 Å². The van der Waals surface area contributed by atoms with Crippen LogP contribution in [0.3, 0.4) is 0 Å². The predicted molar refractivity (Wildman–Crippen MR) is 89.7 cm³/mol. The molecule has 2 unspecified atom stereocenters. The second-order valence-corrected chi connectivity index (χ2v) is 6.76. The largest absolute Gasteiger partial charge is 0.467 e. The van der Waals surface area contributed by atoms with Gasteiger partial charge in [0.15, 0.2) is 0 Å². The minimum atomic E-state index is -0.723. The molecule has 3 rings (SSSR count). The van der Waals surface area contributed by atoms with Gasteiger partial charge in [-0.3, -0.25) is 9.59 Å². The van der Waals surface area contributed by atoms with E-state index in [1.165, 1.54) is 17.6 Å². The number of aliphatic hydroxyl groups is 1. The number of carbonyl (C=O) groups is 2. The third kappa shape index (κ3) is 3.85. The van der Waals surface area contributed by atoms with E-state index in [9.17, 15) is 14.7 Å². The highest BCUT2D eigenvalue weighted by molar-refractivity contribution is 7.12. The number of hydrogen-bond acceptors (Lipinski definition) is 5. The first kappa shape index (κ1) is 16.7. The van der Waals surface area contributed by atoms with Crippen molar-refractivity contribution in [1.82, 2.24) is 10.2 Å². The Morgan fingerprint density at radius 3 is 3.00 bits per heavy atom. The van der Waals surface area contributed by atoms with Crippen LogP contribution in [-0.4, -0.2) is 41.0 Å². The Morgan fingerprint density at radius 2 is 2.29 bits per heavy atom. The van der Waals surface area contributed by atoms with Crippen LogP contribution in [0.15, 0.2) is 40.3 Å². The molecule has 2 aromatic rings. The van der Waals surface area contributed by atoms with Gasteiger partial charge in [-0.2, -0.15) is 0 Å². The van der Waals surface area contributed by atoms with Crippen LogP contribution in [0, 0.1) is 0 Å². The van der Waals surface area contributed by atoms with Crippen molar-refractivity contribution in [3.05, 3.63) is 46.5 Å². The Labute approximate surface area is 144 Å². The number of rotatable bonds is 6. The van der Waals surface area contributed by atoms with Gasteiger partial charge in [0.1, 0.15) is 11.9 Å². The summed E-state index contributed by atoms with van der Waals surface area (Å²) in [5, 5.41) is 14.7. The summed E-state index contributed by atoms with van der Waals surface area (Å²) in [6, 6.07) is 6.95. The van der Waals surface area contributed by atoms with E-state index in [1.807, 2.05) is 5.38 Å². The molecule has 2 N–H and O–H groups in total. The molecule has 24 heavy (non-hydrogen) atoms. The van der Waals surface area contributed by atoms with Crippen LogP contribution in [0.5, 0.6) is 0 Å². The molecule has 1 saturated heterocycles. The maximum atomic E-state index is 12.4. The topological polar surface area (TPSA) is 82.8 Å². The van der Waals surface area contributed by atoms with Gasteiger partial charge in [0.2, 0.25) is 5.91 Å². The van der Waals surface area contributed by atoms with Crippen molar-refractivity contribution in [2.45, 2.75) is 31.4 Å². The Balaban J connectivity index is 1.52. The molecule has 0 saturated carbocycles. The molecule has 0 aromatic carbocycles. The quantitative estimate of drug-likeness (QED) is 0.838. The van der Waals surface area contributed by atoms with E-state index in [-0.39, 0.29) is 24.4 Å². The zero-order chi connectivity index (χ0) is 16.9. The predicted octanol–water partition coefficient (Wildman–Crippen LogP) is 2.19. The summed E-state index contributed by atoms with van der Waals surface area (Å²) < 4.78 is 5.21. The molecule has 1 fully saturated rings. The second kappa shape index (κ2) is 7.63. The lowest BCUT2D eigenvalue weighted by atomic mass is 10.1. The van der Waals surface area contributed by atoms with E-state index in [0.29, 0.717) is 23.6 Å². The molecule has 0 radical (unpaired) electrons. The fourth-order valence-electron chi connectivity index (χ4n) is 3.02. The minimum absolute atomic E-state index is 0.0237. The molecule has 3 heterocycles. The number of furan rings is 1. The van der Waals surface area contributed by atoms with Crippen LogP contribution >= 0.6 is 11.3 Å². The maximum Gasteiger partial charge on any atom is 0.261 e. The molecular formula is C17H20N2O4S. The van der Waals surface area contributed by atoms with E-state index in [1.54, 1.807) is 29.2 Å². The zero-order valence-electron chi connectivity index (χ0n) is 13.2. The third-order valence-electron chi connectivity index (χ3n) is 4.21. The molecule has 0 bridgehead atoms. The van der Waals surface area contributed by atoms with Gasteiger partial charge in [-0.15, -0.1) is 11.3 Å². The lowest BCUT2D eigenvalue weighted by molar-refractivity contribution is -0.131. The Morgan fingerprint density at radius 1 is 1.42 bits per heavy atom. The summed E-state index contributed by atoms with van der Waals surface area (Å²) >= 11 is 1.34. The number of aliphatic hydroxyl groups excluding tert-OH is 1. The van der Waals surface area contributed by atoms with Crippen LogP contribution in [0.2, 0.25) is 0 Å². The Bertz CT molecular complexity index is 669. The van der Waals surface area contributed by atoms with Crippen molar-refractivity contribution >= 4 is 23.2 Å². The molecular weight excluding hydrogens is 328 g/mol. The number of carbonyl (C=O) groups excluding carboxylic acids is 2. The van der Waals surface area contributed by atoms with Crippen molar-refractivity contribution in [2.75, 3.05) is 13.1 Å². The Kier molecular flexibility index (Phi) is 5.32. The first-order valence-corrected chi connectivity index (χ1v) is 8.85. The molecule has 0 spiro atoms. The summed E-state index contributed by atoms with van der Waals surface area (Å²) in [5.74, 6) is 0.166. The van der Waals surface area contributed by atoms with Gasteiger partial charge in [-0.1, -0.05) is 6.07 Å². The Hall–Kier alpha value is -2.12. The van der Waals surface area contributed by atoms with E-state index >= 15 is 0 Å². The standard InChI is InChI=1S/C17H20N2O4S/c20-13(14-5-2-8-23-14)10-12-4-1-7-19(12)16(21)11-18-17(22)15-6-3-9-24-15/h2-3,5-6,8-9,12-13,20H,1,4,7,10-11H2,(H,18,22). The number of thiophene rings is 1. The molecule has 6 nitrogen and oxygen atoms in total. The summed E-state index contributed by atoms with van der Waals surface area (Å²) in [4.78, 5) is 26.7. The van der Waals surface area contributed by atoms with Gasteiger partial charge < -0.3 is 19.7 Å². The molecule has 2 amide bonds. The number of hydrogen-bond donors (Lipinski definition) is 2. The molecule has 0 aliphatic carbocycles. The van der Waals surface area contributed by atoms with Gasteiger partial charge in [0, 0.05) is 19.0 Å². The highest BCUT2D eigenvalue weighted by Crippen LogP contribution is 2.27. The lowest BCUT2D eigenvalue weighted by Crippen LogP contribution is -2.43. The lowest BCUT2D eigenvalue weighted by Gasteiger charge is -2.26. The average Bonchev–Trinajstić information content (AvgIpc) is 3.33. The van der Waals surface area contributed by atoms with Crippen LogP contribution in [0.4, 0.5) is 0 Å². The molecule has 2 atom stereocenters. The van der Waals surface area contributed by atoms with E-state index in [2.05, 4.69) is 5.32 Å². The highest BCUT2D eigenvalue weighted by atomic mass is 32.1. The van der Waals surface area contributed by atoms with Crippen LogP contribution in [0.1, 0.15) is 40.8 Å². The van der Waals surface area contributed by atoms with Crippen molar-refractivity contribution in [3.63, 3.8) is 0 Å². The average molecular weight is 348 g/mol. The first-order chi connectivity index (χ1) is 11.6. The molecule has 128 valence electrons. The monoisotopic (exact) mass is 348 g/mol. The van der Waals surface area contributed by atoms with Crippen molar-refractivity contribution < 1.29 is 19.1 Å². The molecule has 1 aliphatic rings. The van der Waals surface area contributed by atoms with Crippen LogP contribution in [0.25, 0.3) is 0 Å². The normalized spacial score (nSPS) is 18.5. The SMILES string of the molecule is O=C(NCC(=O)N1CCCC1CC(O)c1ccco1)c1cccs1. The fourth-order valence-corrected chi connectivity index (χ4v) is 3.66. The van der Waals surface area contributed by atoms with Gasteiger partial charge in [0.25, 0.3) is 5.91 Å². The summed E-state index contributed by atoms with van der Waals surface area (Å²) in [6.07, 6.45) is 3.00. The first-order valence-electron chi connectivity index (χ1n) is 7.98. The van der Waals surface area contributed by atoms with E-state index in [4.69, 9.17) is 4.42 Å². The van der Waals surface area contributed by atoms with Crippen LogP contribution in [-0.2, 0) is 4.79 Å². The van der Waals surface area contributed by atoms with E-state index < -0.39 is 6.10 Å². The minimum Gasteiger partial charge on any atom is -0.467 e. The zero-order valence-corrected chi connectivity index (χ0v) is 14.0. The second-order valence-electron chi connectivity index (χ2n) is 5.81. The summed E-state index contributed by atoms with van der Waals surface area (Å²) in [6.45, 7) is 0.632. The summed E-state index contributed by atoms with van der Waals surface area (Å²) in [5.41, 5.74) is 0. The van der Waals surface area contributed by atoms with Crippen molar-refractivity contribution in [3.8, 4) is 0 Å². The van der Waals surface area contributed by atoms with Gasteiger partial charge in [-0.25, -0.2) is 0 Å². The molecule has 7 heteroatoms. The fraction of sp³-hybridized carbons (Fsp3) is 0.412. The van der Waals surface area contributed by atoms with Gasteiger partial charge in [0.05, 0.1) is 17.7 Å².